The zero-order valence-corrected chi connectivity index (χ0v) is 12.8. The highest BCUT2D eigenvalue weighted by atomic mass is 79.9. The van der Waals surface area contributed by atoms with Crippen LogP contribution in [0.1, 0.15) is 50.2 Å². The van der Waals surface area contributed by atoms with Crippen LogP contribution in [0.2, 0.25) is 0 Å². The Morgan fingerprint density at radius 2 is 1.94 bits per heavy atom. The number of aryl methyl sites for hydroxylation is 1. The highest BCUT2D eigenvalue weighted by Gasteiger charge is 2.33. The van der Waals surface area contributed by atoms with E-state index in [1.165, 1.54) is 30.4 Å². The van der Waals surface area contributed by atoms with Crippen molar-refractivity contribution in [2.45, 2.75) is 51.0 Å². The van der Waals surface area contributed by atoms with Gasteiger partial charge in [-0.3, -0.25) is 0 Å². The lowest BCUT2D eigenvalue weighted by molar-refractivity contribution is 0.288. The number of rotatable bonds is 3. The van der Waals surface area contributed by atoms with Gasteiger partial charge in [0.1, 0.15) is 5.75 Å². The van der Waals surface area contributed by atoms with Gasteiger partial charge in [-0.1, -0.05) is 32.3 Å². The molecule has 1 aliphatic rings. The zero-order chi connectivity index (χ0) is 13.2. The van der Waals surface area contributed by atoms with Gasteiger partial charge in [0.05, 0.1) is 11.6 Å². The molecule has 0 heterocycles. The molecule has 0 spiro atoms. The number of methoxy groups -OCH3 is 1. The zero-order valence-electron chi connectivity index (χ0n) is 11.3. The van der Waals surface area contributed by atoms with Gasteiger partial charge in [0.15, 0.2) is 0 Å². The standard InChI is InChI=1S/C15H22BrNO/c1-3-11-9-12(14(18-2)13(16)10-11)15(17)7-5-4-6-8-15/h9-10H,3-8,17H2,1-2H3. The summed E-state index contributed by atoms with van der Waals surface area (Å²) in [6.45, 7) is 2.17. The van der Waals surface area contributed by atoms with Gasteiger partial charge in [-0.25, -0.2) is 0 Å². The minimum atomic E-state index is -0.211. The van der Waals surface area contributed by atoms with E-state index < -0.39 is 0 Å². The van der Waals surface area contributed by atoms with Crippen LogP contribution in [-0.2, 0) is 12.0 Å². The molecule has 2 nitrogen and oxygen atoms in total. The number of benzene rings is 1. The molecular weight excluding hydrogens is 290 g/mol. The first-order valence-corrected chi connectivity index (χ1v) is 7.56. The fourth-order valence-corrected chi connectivity index (χ4v) is 3.55. The van der Waals surface area contributed by atoms with Gasteiger partial charge in [-0.05, 0) is 46.8 Å². The average Bonchev–Trinajstić information content (AvgIpc) is 2.38. The second kappa shape index (κ2) is 5.62. The van der Waals surface area contributed by atoms with E-state index in [9.17, 15) is 0 Å². The molecule has 0 radical (unpaired) electrons. The lowest BCUT2D eigenvalue weighted by Gasteiger charge is -2.35. The van der Waals surface area contributed by atoms with Crippen molar-refractivity contribution in [3.05, 3.63) is 27.7 Å². The van der Waals surface area contributed by atoms with Gasteiger partial charge < -0.3 is 10.5 Å². The molecule has 0 saturated heterocycles. The Balaban J connectivity index is 2.49. The summed E-state index contributed by atoms with van der Waals surface area (Å²) < 4.78 is 6.59. The van der Waals surface area contributed by atoms with Crippen molar-refractivity contribution in [3.8, 4) is 5.75 Å². The molecular formula is C15H22BrNO. The first kappa shape index (κ1) is 13.9. The van der Waals surface area contributed by atoms with Crippen molar-refractivity contribution in [2.75, 3.05) is 7.11 Å². The van der Waals surface area contributed by atoms with Gasteiger partial charge in [0, 0.05) is 11.1 Å². The van der Waals surface area contributed by atoms with Crippen molar-refractivity contribution >= 4 is 15.9 Å². The van der Waals surface area contributed by atoms with Gasteiger partial charge in [-0.15, -0.1) is 0 Å². The van der Waals surface area contributed by atoms with Crippen molar-refractivity contribution in [3.63, 3.8) is 0 Å². The molecule has 0 aromatic heterocycles. The highest BCUT2D eigenvalue weighted by molar-refractivity contribution is 9.10. The molecule has 2 N–H and O–H groups in total. The minimum absolute atomic E-state index is 0.211. The van der Waals surface area contributed by atoms with Crippen LogP contribution in [0.3, 0.4) is 0 Å². The molecule has 1 fully saturated rings. The van der Waals surface area contributed by atoms with E-state index in [1.807, 2.05) is 0 Å². The Morgan fingerprint density at radius 1 is 1.28 bits per heavy atom. The van der Waals surface area contributed by atoms with Gasteiger partial charge in [-0.2, -0.15) is 0 Å². The van der Waals surface area contributed by atoms with E-state index in [0.29, 0.717) is 0 Å². The van der Waals surface area contributed by atoms with Gasteiger partial charge in [0.25, 0.3) is 0 Å². The van der Waals surface area contributed by atoms with E-state index in [0.717, 1.165) is 29.5 Å². The normalized spacial score (nSPS) is 18.7. The van der Waals surface area contributed by atoms with Crippen LogP contribution in [0.4, 0.5) is 0 Å². The maximum atomic E-state index is 6.65. The molecule has 0 unspecified atom stereocenters. The van der Waals surface area contributed by atoms with Crippen LogP contribution in [0.15, 0.2) is 16.6 Å². The van der Waals surface area contributed by atoms with Crippen molar-refractivity contribution in [1.82, 2.24) is 0 Å². The first-order valence-electron chi connectivity index (χ1n) is 6.76. The van der Waals surface area contributed by atoms with E-state index in [4.69, 9.17) is 10.5 Å². The van der Waals surface area contributed by atoms with Crippen molar-refractivity contribution in [2.24, 2.45) is 5.73 Å². The van der Waals surface area contributed by atoms with Crippen LogP contribution in [0.5, 0.6) is 5.75 Å². The number of nitrogens with two attached hydrogens (primary N) is 1. The van der Waals surface area contributed by atoms with Crippen LogP contribution < -0.4 is 10.5 Å². The monoisotopic (exact) mass is 311 g/mol. The van der Waals surface area contributed by atoms with Crippen molar-refractivity contribution in [1.29, 1.82) is 0 Å². The quantitative estimate of drug-likeness (QED) is 0.910. The van der Waals surface area contributed by atoms with Gasteiger partial charge in [0.2, 0.25) is 0 Å². The van der Waals surface area contributed by atoms with E-state index >= 15 is 0 Å². The first-order chi connectivity index (χ1) is 8.60. The van der Waals surface area contributed by atoms with Crippen LogP contribution in [0, 0.1) is 0 Å². The molecule has 1 saturated carbocycles. The highest BCUT2D eigenvalue weighted by Crippen LogP contribution is 2.42. The van der Waals surface area contributed by atoms with E-state index in [2.05, 4.69) is 35.0 Å². The Hall–Kier alpha value is -0.540. The molecule has 2 rings (SSSR count). The number of hydrogen-bond donors (Lipinski definition) is 1. The third-order valence-electron chi connectivity index (χ3n) is 4.00. The Morgan fingerprint density at radius 3 is 2.50 bits per heavy atom. The van der Waals surface area contributed by atoms with Gasteiger partial charge >= 0.3 is 0 Å². The summed E-state index contributed by atoms with van der Waals surface area (Å²) in [7, 11) is 1.72. The summed E-state index contributed by atoms with van der Waals surface area (Å²) in [5, 5.41) is 0. The molecule has 18 heavy (non-hydrogen) atoms. The molecule has 0 amide bonds. The SMILES string of the molecule is CCc1cc(Br)c(OC)c(C2(N)CCCCC2)c1. The second-order valence-corrected chi connectivity index (χ2v) is 6.08. The number of ether oxygens (including phenoxy) is 1. The lowest BCUT2D eigenvalue weighted by Crippen LogP contribution is -2.39. The summed E-state index contributed by atoms with van der Waals surface area (Å²) in [5.74, 6) is 0.914. The predicted molar refractivity (Wildman–Crippen MR) is 79.0 cm³/mol. The summed E-state index contributed by atoms with van der Waals surface area (Å²) >= 11 is 3.61. The smallest absolute Gasteiger partial charge is 0.138 e. The molecule has 1 aliphatic carbocycles. The molecule has 3 heteroatoms. The Bertz CT molecular complexity index is 425. The number of halogens is 1. The number of hydrogen-bond acceptors (Lipinski definition) is 2. The fraction of sp³-hybridized carbons (Fsp3) is 0.600. The third-order valence-corrected chi connectivity index (χ3v) is 4.59. The minimum Gasteiger partial charge on any atom is -0.495 e. The molecule has 0 atom stereocenters. The van der Waals surface area contributed by atoms with E-state index in [-0.39, 0.29) is 5.54 Å². The van der Waals surface area contributed by atoms with Crippen molar-refractivity contribution < 1.29 is 4.74 Å². The van der Waals surface area contributed by atoms with Crippen LogP contribution >= 0.6 is 15.9 Å². The summed E-state index contributed by atoms with van der Waals surface area (Å²) in [6, 6.07) is 4.36. The molecule has 100 valence electrons. The Labute approximate surface area is 118 Å². The van der Waals surface area contributed by atoms with E-state index in [1.54, 1.807) is 7.11 Å². The summed E-state index contributed by atoms with van der Waals surface area (Å²) in [5.41, 5.74) is 8.93. The second-order valence-electron chi connectivity index (χ2n) is 5.23. The van der Waals surface area contributed by atoms with Crippen LogP contribution in [-0.4, -0.2) is 7.11 Å². The Kier molecular flexibility index (Phi) is 4.33. The largest absolute Gasteiger partial charge is 0.495 e. The maximum Gasteiger partial charge on any atom is 0.138 e. The molecule has 1 aromatic rings. The van der Waals surface area contributed by atoms with Crippen LogP contribution in [0.25, 0.3) is 0 Å². The molecule has 1 aromatic carbocycles. The topological polar surface area (TPSA) is 35.2 Å². The predicted octanol–water partition coefficient (Wildman–Crippen LogP) is 4.14. The average molecular weight is 312 g/mol. The molecule has 0 bridgehead atoms. The lowest BCUT2D eigenvalue weighted by atomic mass is 9.76. The summed E-state index contributed by atoms with van der Waals surface area (Å²) in [4.78, 5) is 0. The third kappa shape index (κ3) is 2.57. The maximum absolute atomic E-state index is 6.65. The summed E-state index contributed by atoms with van der Waals surface area (Å²) in [6.07, 6.45) is 6.87. The fourth-order valence-electron chi connectivity index (χ4n) is 2.88. The molecule has 0 aliphatic heterocycles.